The summed E-state index contributed by atoms with van der Waals surface area (Å²) in [6.45, 7) is 3.69. The highest BCUT2D eigenvalue weighted by Gasteiger charge is 2.39. The summed E-state index contributed by atoms with van der Waals surface area (Å²) < 4.78 is 4.71. The molecule has 0 aromatic heterocycles. The molecule has 0 saturated heterocycles. The summed E-state index contributed by atoms with van der Waals surface area (Å²) in [6.07, 6.45) is 0. The second-order valence-electron chi connectivity index (χ2n) is 8.15. The van der Waals surface area contributed by atoms with Crippen LogP contribution in [-0.4, -0.2) is 30.8 Å². The highest BCUT2D eigenvalue weighted by Crippen LogP contribution is 2.31. The van der Waals surface area contributed by atoms with Gasteiger partial charge in [-0.3, -0.25) is 14.4 Å². The van der Waals surface area contributed by atoms with Crippen LogP contribution in [0.5, 0.6) is 0 Å². The zero-order valence-electron chi connectivity index (χ0n) is 19.7. The van der Waals surface area contributed by atoms with Gasteiger partial charge in [0.15, 0.2) is 0 Å². The SMILES string of the molecule is COC(=O)c1cccc(NC(=O)c2ccc(C)c(NC3=C(Cl)C(=O)N(c4ccc(C)cc4)C3=O)c2)c1. The number of methoxy groups -OCH3 is 1. The number of halogens is 1. The summed E-state index contributed by atoms with van der Waals surface area (Å²) in [6, 6.07) is 18.2. The van der Waals surface area contributed by atoms with Gasteiger partial charge in [0.1, 0.15) is 10.7 Å². The van der Waals surface area contributed by atoms with Crippen LogP contribution < -0.4 is 15.5 Å². The Labute approximate surface area is 212 Å². The lowest BCUT2D eigenvalue weighted by atomic mass is 10.1. The van der Waals surface area contributed by atoms with Gasteiger partial charge in [-0.2, -0.15) is 0 Å². The second kappa shape index (κ2) is 10.1. The molecule has 1 aliphatic rings. The van der Waals surface area contributed by atoms with Crippen LogP contribution in [0.15, 0.2) is 77.5 Å². The predicted octanol–water partition coefficient (Wildman–Crippen LogP) is 4.78. The molecular weight excluding hydrogens is 482 g/mol. The zero-order valence-corrected chi connectivity index (χ0v) is 20.5. The Kier molecular flexibility index (Phi) is 6.89. The first-order valence-corrected chi connectivity index (χ1v) is 11.3. The molecule has 1 heterocycles. The van der Waals surface area contributed by atoms with E-state index in [1.807, 2.05) is 6.92 Å². The number of carbonyl (C=O) groups excluding carboxylic acids is 4. The van der Waals surface area contributed by atoms with Crippen molar-refractivity contribution in [3.8, 4) is 0 Å². The van der Waals surface area contributed by atoms with E-state index in [0.29, 0.717) is 22.6 Å². The van der Waals surface area contributed by atoms with E-state index in [-0.39, 0.29) is 16.3 Å². The minimum Gasteiger partial charge on any atom is -0.465 e. The molecule has 8 nitrogen and oxygen atoms in total. The number of nitrogens with one attached hydrogen (secondary N) is 2. The molecule has 0 spiro atoms. The average molecular weight is 504 g/mol. The minimum atomic E-state index is -0.634. The number of nitrogens with zero attached hydrogens (tertiary/aromatic N) is 1. The molecule has 3 amide bonds. The van der Waals surface area contributed by atoms with E-state index in [1.54, 1.807) is 67.6 Å². The van der Waals surface area contributed by atoms with Crippen LogP contribution in [0.25, 0.3) is 0 Å². The van der Waals surface area contributed by atoms with Crippen LogP contribution in [0.4, 0.5) is 17.1 Å². The molecule has 0 saturated carbocycles. The first kappa shape index (κ1) is 24.7. The molecule has 4 rings (SSSR count). The number of benzene rings is 3. The molecule has 1 aliphatic heterocycles. The van der Waals surface area contributed by atoms with Crippen molar-refractivity contribution in [1.82, 2.24) is 0 Å². The third-order valence-electron chi connectivity index (χ3n) is 5.62. The van der Waals surface area contributed by atoms with Crippen molar-refractivity contribution < 1.29 is 23.9 Å². The Morgan fingerprint density at radius 2 is 1.61 bits per heavy atom. The second-order valence-corrected chi connectivity index (χ2v) is 8.53. The number of carbonyl (C=O) groups is 4. The lowest BCUT2D eigenvalue weighted by molar-refractivity contribution is -0.120. The number of aryl methyl sites for hydroxylation is 2. The van der Waals surface area contributed by atoms with Gasteiger partial charge < -0.3 is 15.4 Å². The molecular formula is C27H22ClN3O5. The van der Waals surface area contributed by atoms with Crippen molar-refractivity contribution in [3.05, 3.63) is 99.7 Å². The predicted molar refractivity (Wildman–Crippen MR) is 137 cm³/mol. The van der Waals surface area contributed by atoms with E-state index in [1.165, 1.54) is 13.2 Å². The van der Waals surface area contributed by atoms with E-state index in [0.717, 1.165) is 16.0 Å². The number of esters is 1. The van der Waals surface area contributed by atoms with Crippen molar-refractivity contribution in [2.24, 2.45) is 0 Å². The first-order chi connectivity index (χ1) is 17.2. The summed E-state index contributed by atoms with van der Waals surface area (Å²) >= 11 is 6.25. The highest BCUT2D eigenvalue weighted by molar-refractivity contribution is 6.53. The van der Waals surface area contributed by atoms with Gasteiger partial charge in [0.25, 0.3) is 17.7 Å². The average Bonchev–Trinajstić information content (AvgIpc) is 3.08. The molecule has 3 aromatic carbocycles. The van der Waals surface area contributed by atoms with E-state index < -0.39 is 23.7 Å². The van der Waals surface area contributed by atoms with Crippen molar-refractivity contribution in [3.63, 3.8) is 0 Å². The molecule has 0 unspecified atom stereocenters. The maximum Gasteiger partial charge on any atom is 0.337 e. The van der Waals surface area contributed by atoms with Gasteiger partial charge in [-0.25, -0.2) is 9.69 Å². The summed E-state index contributed by atoms with van der Waals surface area (Å²) in [7, 11) is 1.28. The standard InChI is InChI=1S/C27H22ClN3O5/c1-15-7-11-20(12-8-15)31-25(33)22(28)23(26(31)34)30-21-14-17(10-9-16(21)2)24(32)29-19-6-4-5-18(13-19)27(35)36-3/h4-14,30H,1-3H3,(H,29,32). The molecule has 0 fully saturated rings. The maximum atomic E-state index is 13.1. The summed E-state index contributed by atoms with van der Waals surface area (Å²) in [5.74, 6) is -2.18. The number of ether oxygens (including phenoxy) is 1. The molecule has 0 atom stereocenters. The van der Waals surface area contributed by atoms with Gasteiger partial charge in [0.2, 0.25) is 0 Å². The third kappa shape index (κ3) is 4.85. The normalized spacial score (nSPS) is 13.2. The van der Waals surface area contributed by atoms with Gasteiger partial charge in [-0.1, -0.05) is 41.4 Å². The van der Waals surface area contributed by atoms with Gasteiger partial charge >= 0.3 is 5.97 Å². The van der Waals surface area contributed by atoms with Crippen molar-refractivity contribution >= 4 is 52.4 Å². The largest absolute Gasteiger partial charge is 0.465 e. The fourth-order valence-electron chi connectivity index (χ4n) is 3.62. The molecule has 182 valence electrons. The van der Waals surface area contributed by atoms with Gasteiger partial charge in [0.05, 0.1) is 18.4 Å². The van der Waals surface area contributed by atoms with Crippen LogP contribution in [0, 0.1) is 13.8 Å². The number of hydrogen-bond donors (Lipinski definition) is 2. The number of amides is 3. The Morgan fingerprint density at radius 1 is 0.889 bits per heavy atom. The van der Waals surface area contributed by atoms with Crippen LogP contribution in [0.2, 0.25) is 0 Å². The van der Waals surface area contributed by atoms with E-state index in [2.05, 4.69) is 10.6 Å². The molecule has 0 bridgehead atoms. The number of rotatable bonds is 6. The quantitative estimate of drug-likeness (QED) is 0.370. The first-order valence-electron chi connectivity index (χ1n) is 10.9. The molecule has 0 radical (unpaired) electrons. The number of hydrogen-bond acceptors (Lipinski definition) is 6. The monoisotopic (exact) mass is 503 g/mol. The maximum absolute atomic E-state index is 13.1. The van der Waals surface area contributed by atoms with Crippen molar-refractivity contribution in [2.75, 3.05) is 22.6 Å². The van der Waals surface area contributed by atoms with Crippen LogP contribution in [-0.2, 0) is 14.3 Å². The van der Waals surface area contributed by atoms with Crippen LogP contribution >= 0.6 is 11.6 Å². The number of imide groups is 1. The smallest absolute Gasteiger partial charge is 0.337 e. The lowest BCUT2D eigenvalue weighted by Gasteiger charge is -2.16. The molecule has 36 heavy (non-hydrogen) atoms. The molecule has 2 N–H and O–H groups in total. The fraction of sp³-hybridized carbons (Fsp3) is 0.111. The zero-order chi connectivity index (χ0) is 26.0. The van der Waals surface area contributed by atoms with Crippen LogP contribution in [0.1, 0.15) is 31.8 Å². The Bertz CT molecular complexity index is 1430. The van der Waals surface area contributed by atoms with E-state index in [9.17, 15) is 19.2 Å². The Hall–Kier alpha value is -4.43. The Morgan fingerprint density at radius 3 is 2.31 bits per heavy atom. The van der Waals surface area contributed by atoms with Gasteiger partial charge in [-0.05, 0) is 61.9 Å². The topological polar surface area (TPSA) is 105 Å². The summed E-state index contributed by atoms with van der Waals surface area (Å²) in [4.78, 5) is 51.5. The molecule has 3 aromatic rings. The van der Waals surface area contributed by atoms with Crippen molar-refractivity contribution in [1.29, 1.82) is 0 Å². The van der Waals surface area contributed by atoms with Gasteiger partial charge in [-0.15, -0.1) is 0 Å². The highest BCUT2D eigenvalue weighted by atomic mass is 35.5. The third-order valence-corrected chi connectivity index (χ3v) is 5.97. The summed E-state index contributed by atoms with van der Waals surface area (Å²) in [5, 5.41) is 5.43. The lowest BCUT2D eigenvalue weighted by Crippen LogP contribution is -2.32. The van der Waals surface area contributed by atoms with Gasteiger partial charge in [0, 0.05) is 16.9 Å². The van der Waals surface area contributed by atoms with E-state index >= 15 is 0 Å². The molecule has 9 heteroatoms. The van der Waals surface area contributed by atoms with Crippen LogP contribution in [0.3, 0.4) is 0 Å². The van der Waals surface area contributed by atoms with Crippen molar-refractivity contribution in [2.45, 2.75) is 13.8 Å². The molecule has 0 aliphatic carbocycles. The Balaban J connectivity index is 1.56. The fourth-order valence-corrected chi connectivity index (χ4v) is 3.83. The van der Waals surface area contributed by atoms with E-state index in [4.69, 9.17) is 16.3 Å². The number of anilines is 3. The summed E-state index contributed by atoms with van der Waals surface area (Å²) in [5.41, 5.74) is 3.47. The minimum absolute atomic E-state index is 0.0753.